The number of likely N-dealkylation sites (tertiary alicyclic amines) is 2. The Morgan fingerprint density at radius 3 is 2.04 bits per heavy atom. The Balaban J connectivity index is 0.841. The van der Waals surface area contributed by atoms with Crippen LogP contribution in [0.4, 0.5) is 0 Å². The summed E-state index contributed by atoms with van der Waals surface area (Å²) in [6, 6.07) is 8.51. The number of nitrogens with zero attached hydrogens (tertiary/aromatic N) is 4. The van der Waals surface area contributed by atoms with Gasteiger partial charge in [0.05, 0.1) is 11.8 Å². The number of carbonyl (C=O) groups is 3. The summed E-state index contributed by atoms with van der Waals surface area (Å²) >= 11 is 0. The minimum absolute atomic E-state index is 0.0147. The first kappa shape index (κ1) is 41.2. The van der Waals surface area contributed by atoms with E-state index in [9.17, 15) is 24.6 Å². The number of carbonyl (C=O) groups excluding carboxylic acids is 3. The molecule has 2 fully saturated rings. The van der Waals surface area contributed by atoms with Crippen LogP contribution in [-0.4, -0.2) is 90.7 Å². The number of H-pyrrole nitrogens is 1. The maximum Gasteiger partial charge on any atom is 0.246 e. The third-order valence-electron chi connectivity index (χ3n) is 11.4. The van der Waals surface area contributed by atoms with Crippen molar-refractivity contribution in [2.24, 2.45) is 5.41 Å². The third kappa shape index (κ3) is 11.3. The van der Waals surface area contributed by atoms with Crippen molar-refractivity contribution in [3.05, 3.63) is 42.1 Å². The molecule has 11 nitrogen and oxygen atoms in total. The number of fused-ring (bicyclic) bond motifs is 1. The summed E-state index contributed by atoms with van der Waals surface area (Å²) in [6.45, 7) is 9.67. The fourth-order valence-electron chi connectivity index (χ4n) is 8.00. The minimum Gasteiger partial charge on any atom is -0.507 e. The van der Waals surface area contributed by atoms with E-state index in [1.54, 1.807) is 17.0 Å². The van der Waals surface area contributed by atoms with Gasteiger partial charge in [-0.25, -0.2) is 0 Å². The normalized spacial score (nSPS) is 18.2. The van der Waals surface area contributed by atoms with E-state index in [1.807, 2.05) is 57.0 Å². The lowest BCUT2D eigenvalue weighted by Gasteiger charge is -2.39. The number of hydrogen-bond acceptors (Lipinski definition) is 7. The van der Waals surface area contributed by atoms with Crippen molar-refractivity contribution < 1.29 is 24.6 Å². The highest BCUT2D eigenvalue weighted by Gasteiger charge is 2.40. The first-order chi connectivity index (χ1) is 25.9. The van der Waals surface area contributed by atoms with E-state index < -0.39 is 17.6 Å². The van der Waals surface area contributed by atoms with Crippen molar-refractivity contribution in [3.8, 4) is 17.0 Å². The molecule has 0 saturated carbocycles. The Hall–Kier alpha value is -3.99. The van der Waals surface area contributed by atoms with Crippen LogP contribution in [0.3, 0.4) is 0 Å². The number of aromatic nitrogens is 3. The number of para-hydroxylation sites is 1. The highest BCUT2D eigenvalue weighted by atomic mass is 16.3. The summed E-state index contributed by atoms with van der Waals surface area (Å²) in [5, 5.41) is 32.9. The highest BCUT2D eigenvalue weighted by Crippen LogP contribution is 2.35. The monoisotopic (exact) mass is 744 g/mol. The summed E-state index contributed by atoms with van der Waals surface area (Å²) in [5.74, 6) is 0.547. The van der Waals surface area contributed by atoms with E-state index in [2.05, 4.69) is 20.5 Å². The molecule has 54 heavy (non-hydrogen) atoms. The smallest absolute Gasteiger partial charge is 0.246 e. The number of aliphatic hydroxyl groups excluding tert-OH is 1. The molecule has 4 N–H and O–H groups in total. The number of aromatic amines is 1. The Bertz CT molecular complexity index is 1680. The molecule has 3 atom stereocenters. The van der Waals surface area contributed by atoms with Gasteiger partial charge >= 0.3 is 0 Å². The lowest BCUT2D eigenvalue weighted by atomic mass is 9.85. The van der Waals surface area contributed by atoms with Gasteiger partial charge in [-0.1, -0.05) is 104 Å². The Kier molecular flexibility index (Phi) is 14.9. The van der Waals surface area contributed by atoms with Gasteiger partial charge in [0.15, 0.2) is 5.65 Å². The van der Waals surface area contributed by atoms with Crippen LogP contribution in [0.15, 0.2) is 36.5 Å². The molecule has 3 aromatic rings. The van der Waals surface area contributed by atoms with Gasteiger partial charge in [-0.15, -0.1) is 10.2 Å². The zero-order chi connectivity index (χ0) is 38.7. The molecule has 1 aromatic carbocycles. The Labute approximate surface area is 321 Å². The molecule has 2 saturated heterocycles. The predicted molar refractivity (Wildman–Crippen MR) is 213 cm³/mol. The average Bonchev–Trinajstić information content (AvgIpc) is 3.68. The molecule has 296 valence electrons. The second kappa shape index (κ2) is 19.6. The second-order valence-electron chi connectivity index (χ2n) is 16.9. The number of amides is 3. The van der Waals surface area contributed by atoms with E-state index in [0.717, 1.165) is 61.8 Å². The standard InChI is InChI=1S/C43H64N6O5/c1-30-24-32(50)29-49(30)42(54)40(43(2,3)4)45-38(52)22-16-14-12-10-8-6-5-7-9-11-13-15-17-23-39(53)48-27-31(28-48)35-26-44-41-34(35)25-36(46-47-41)33-20-18-19-21-37(33)51/h18-21,25-26,30-32,40,50-51H,5-17,22-24,27-29H2,1-4H3,(H,44,47)(H,45,52)/t30-,32-,40-/m1/s1. The number of phenols is 1. The largest absolute Gasteiger partial charge is 0.507 e. The van der Waals surface area contributed by atoms with Crippen molar-refractivity contribution in [1.29, 1.82) is 0 Å². The molecular weight excluding hydrogens is 681 g/mol. The van der Waals surface area contributed by atoms with E-state index in [4.69, 9.17) is 0 Å². The molecule has 2 aliphatic heterocycles. The topological polar surface area (TPSA) is 152 Å². The number of phenolic OH excluding ortho intramolecular Hbond substituents is 1. The molecule has 4 heterocycles. The van der Waals surface area contributed by atoms with Crippen LogP contribution in [0.25, 0.3) is 22.3 Å². The summed E-state index contributed by atoms with van der Waals surface area (Å²) in [5.41, 5.74) is 2.75. The van der Waals surface area contributed by atoms with Crippen molar-refractivity contribution in [1.82, 2.24) is 30.3 Å². The molecule has 2 aliphatic rings. The minimum atomic E-state index is -0.588. The maximum absolute atomic E-state index is 13.2. The molecule has 0 radical (unpaired) electrons. The summed E-state index contributed by atoms with van der Waals surface area (Å²) in [6.07, 6.45) is 18.1. The van der Waals surface area contributed by atoms with Crippen LogP contribution < -0.4 is 5.32 Å². The van der Waals surface area contributed by atoms with Crippen LogP contribution in [0, 0.1) is 5.41 Å². The fraction of sp³-hybridized carbons (Fsp3) is 0.651. The summed E-state index contributed by atoms with van der Waals surface area (Å²) in [7, 11) is 0. The van der Waals surface area contributed by atoms with E-state index in [1.165, 1.54) is 51.4 Å². The average molecular weight is 745 g/mol. The lowest BCUT2D eigenvalue weighted by Crippen LogP contribution is -2.55. The van der Waals surface area contributed by atoms with Crippen molar-refractivity contribution in [2.45, 2.75) is 155 Å². The van der Waals surface area contributed by atoms with Crippen LogP contribution in [0.5, 0.6) is 5.75 Å². The zero-order valence-electron chi connectivity index (χ0n) is 33.1. The van der Waals surface area contributed by atoms with Gasteiger partial charge in [0, 0.05) is 61.6 Å². The van der Waals surface area contributed by atoms with Gasteiger partial charge in [0.1, 0.15) is 11.8 Å². The van der Waals surface area contributed by atoms with Gasteiger partial charge in [0.2, 0.25) is 17.7 Å². The van der Waals surface area contributed by atoms with Crippen molar-refractivity contribution in [3.63, 3.8) is 0 Å². The third-order valence-corrected chi connectivity index (χ3v) is 11.4. The van der Waals surface area contributed by atoms with Crippen LogP contribution in [-0.2, 0) is 14.4 Å². The van der Waals surface area contributed by atoms with Crippen LogP contribution in [0.1, 0.15) is 142 Å². The number of aromatic hydroxyl groups is 1. The first-order valence-electron chi connectivity index (χ1n) is 20.6. The SMILES string of the molecule is C[C@@H]1C[C@@H](O)CN1C(=O)[C@@H](NC(=O)CCCCCCCCCCCCCCCC(=O)N1CC(c2c[nH]c3nnc(-c4ccccc4O)cc23)C1)C(C)(C)C. The number of hydrogen-bond donors (Lipinski definition) is 4. The quantitative estimate of drug-likeness (QED) is 0.0869. The van der Waals surface area contributed by atoms with E-state index in [-0.39, 0.29) is 35.4 Å². The number of nitrogens with one attached hydrogen (secondary N) is 2. The van der Waals surface area contributed by atoms with Crippen LogP contribution >= 0.6 is 0 Å². The molecule has 3 amide bonds. The second-order valence-corrected chi connectivity index (χ2v) is 16.9. The lowest BCUT2D eigenvalue weighted by molar-refractivity contribution is -0.140. The molecule has 11 heteroatoms. The van der Waals surface area contributed by atoms with Gasteiger partial charge in [-0.2, -0.15) is 0 Å². The molecular formula is C43H64N6O5. The molecule has 5 rings (SSSR count). The maximum atomic E-state index is 13.2. The summed E-state index contributed by atoms with van der Waals surface area (Å²) < 4.78 is 0. The van der Waals surface area contributed by atoms with Crippen molar-refractivity contribution in [2.75, 3.05) is 19.6 Å². The van der Waals surface area contributed by atoms with Gasteiger partial charge in [-0.3, -0.25) is 14.4 Å². The number of β-amino-alcohol motifs (C(OH)–C–C–N with tert-alkyl or cyclic N) is 1. The van der Waals surface area contributed by atoms with E-state index >= 15 is 0 Å². The van der Waals surface area contributed by atoms with Crippen molar-refractivity contribution >= 4 is 28.8 Å². The zero-order valence-corrected chi connectivity index (χ0v) is 33.1. The molecule has 0 bridgehead atoms. The van der Waals surface area contributed by atoms with Gasteiger partial charge in [0.25, 0.3) is 0 Å². The first-order valence-corrected chi connectivity index (χ1v) is 20.6. The predicted octanol–water partition coefficient (Wildman–Crippen LogP) is 7.62. The fourth-order valence-corrected chi connectivity index (χ4v) is 8.00. The number of aliphatic hydroxyl groups is 1. The Morgan fingerprint density at radius 1 is 0.870 bits per heavy atom. The number of unbranched alkanes of at least 4 members (excludes halogenated alkanes) is 12. The van der Waals surface area contributed by atoms with Gasteiger partial charge < -0.3 is 30.3 Å². The Morgan fingerprint density at radius 2 is 1.46 bits per heavy atom. The summed E-state index contributed by atoms with van der Waals surface area (Å²) in [4.78, 5) is 45.7. The van der Waals surface area contributed by atoms with Crippen LogP contribution in [0.2, 0.25) is 0 Å². The number of rotatable bonds is 20. The molecule has 0 unspecified atom stereocenters. The molecule has 2 aromatic heterocycles. The van der Waals surface area contributed by atoms with Gasteiger partial charge in [-0.05, 0) is 55.4 Å². The van der Waals surface area contributed by atoms with E-state index in [0.29, 0.717) is 37.1 Å². The number of benzene rings is 1. The highest BCUT2D eigenvalue weighted by molar-refractivity contribution is 5.89. The molecule has 0 aliphatic carbocycles. The molecule has 0 spiro atoms.